The van der Waals surface area contributed by atoms with Gasteiger partial charge < -0.3 is 4.79 Å². The highest BCUT2D eigenvalue weighted by Gasteiger charge is 2.38. The molecule has 0 spiro atoms. The fourth-order valence-corrected chi connectivity index (χ4v) is 3.09. The summed E-state index contributed by atoms with van der Waals surface area (Å²) in [5.41, 5.74) is 0.323. The number of Topliss-reactive ketones (excluding diaryl/α,β-unsaturated/α-hetero) is 1. The molecule has 0 saturated heterocycles. The average molecular weight is 196 g/mol. The van der Waals surface area contributed by atoms with E-state index >= 15 is 0 Å². The molecule has 2 unspecified atom stereocenters. The minimum atomic E-state index is 0.323. The van der Waals surface area contributed by atoms with Crippen molar-refractivity contribution in [1.29, 1.82) is 0 Å². The van der Waals surface area contributed by atoms with Crippen LogP contribution in [-0.2, 0) is 4.79 Å². The lowest BCUT2D eigenvalue weighted by molar-refractivity contribution is -0.121. The van der Waals surface area contributed by atoms with Gasteiger partial charge >= 0.3 is 0 Å². The minimum absolute atomic E-state index is 0.323. The highest BCUT2D eigenvalue weighted by Crippen LogP contribution is 2.47. The maximum Gasteiger partial charge on any atom is 0.130 e. The summed E-state index contributed by atoms with van der Waals surface area (Å²) in [7, 11) is 0. The van der Waals surface area contributed by atoms with Gasteiger partial charge in [-0.2, -0.15) is 0 Å². The molecule has 1 aliphatic rings. The molecule has 14 heavy (non-hydrogen) atoms. The van der Waals surface area contributed by atoms with Crippen molar-refractivity contribution in [2.75, 3.05) is 0 Å². The van der Waals surface area contributed by atoms with Gasteiger partial charge in [0.2, 0.25) is 0 Å². The topological polar surface area (TPSA) is 17.1 Å². The number of rotatable bonds is 3. The van der Waals surface area contributed by atoms with Gasteiger partial charge in [0.1, 0.15) is 5.78 Å². The molecule has 1 heteroatoms. The Morgan fingerprint density at radius 3 is 2.57 bits per heavy atom. The predicted molar refractivity (Wildman–Crippen MR) is 60.2 cm³/mol. The summed E-state index contributed by atoms with van der Waals surface area (Å²) in [4.78, 5) is 11.3. The van der Waals surface area contributed by atoms with E-state index in [9.17, 15) is 4.79 Å². The molecule has 1 rings (SSSR count). The van der Waals surface area contributed by atoms with Crippen molar-refractivity contribution < 1.29 is 4.79 Å². The second-order valence-electron chi connectivity index (χ2n) is 5.60. The third kappa shape index (κ3) is 2.59. The Hall–Kier alpha value is -0.330. The second kappa shape index (κ2) is 4.46. The molecule has 1 fully saturated rings. The molecule has 1 nitrogen and oxygen atoms in total. The summed E-state index contributed by atoms with van der Waals surface area (Å²) in [6, 6.07) is 0. The maximum atomic E-state index is 11.3. The molecule has 82 valence electrons. The van der Waals surface area contributed by atoms with E-state index in [2.05, 4.69) is 20.8 Å². The Kier molecular flexibility index (Phi) is 3.74. The molecule has 0 aromatic carbocycles. The molecule has 1 aliphatic carbocycles. The summed E-state index contributed by atoms with van der Waals surface area (Å²) >= 11 is 0. The quantitative estimate of drug-likeness (QED) is 0.670. The van der Waals surface area contributed by atoms with E-state index in [0.29, 0.717) is 17.1 Å². The van der Waals surface area contributed by atoms with Crippen LogP contribution >= 0.6 is 0 Å². The van der Waals surface area contributed by atoms with E-state index in [1.54, 1.807) is 6.92 Å². The molecule has 1 saturated carbocycles. The number of ketones is 1. The van der Waals surface area contributed by atoms with Crippen molar-refractivity contribution in [3.05, 3.63) is 0 Å². The first-order chi connectivity index (χ1) is 6.46. The third-order valence-electron chi connectivity index (χ3n) is 3.95. The first-order valence-electron chi connectivity index (χ1n) is 5.96. The normalized spacial score (nSPS) is 33.4. The van der Waals surface area contributed by atoms with Crippen LogP contribution in [-0.4, -0.2) is 5.78 Å². The molecular formula is C13H24O. The number of carbonyl (C=O) groups is 1. The molecule has 0 amide bonds. The Morgan fingerprint density at radius 2 is 2.14 bits per heavy atom. The molecule has 2 atom stereocenters. The molecule has 0 aromatic heterocycles. The second-order valence-corrected chi connectivity index (χ2v) is 5.60. The van der Waals surface area contributed by atoms with Crippen LogP contribution in [0.4, 0.5) is 0 Å². The van der Waals surface area contributed by atoms with Gasteiger partial charge in [-0.1, -0.05) is 33.6 Å². The van der Waals surface area contributed by atoms with E-state index in [-0.39, 0.29) is 0 Å². The van der Waals surface area contributed by atoms with Gasteiger partial charge in [-0.05, 0) is 37.0 Å². The van der Waals surface area contributed by atoms with Crippen LogP contribution in [0, 0.1) is 17.3 Å². The Morgan fingerprint density at radius 1 is 1.50 bits per heavy atom. The van der Waals surface area contributed by atoms with Crippen molar-refractivity contribution in [3.63, 3.8) is 0 Å². The van der Waals surface area contributed by atoms with Crippen molar-refractivity contribution >= 4 is 5.78 Å². The highest BCUT2D eigenvalue weighted by molar-refractivity contribution is 5.76. The summed E-state index contributed by atoms with van der Waals surface area (Å²) in [5, 5.41) is 0. The molecule has 0 radical (unpaired) electrons. The van der Waals surface area contributed by atoms with Crippen LogP contribution in [0.5, 0.6) is 0 Å². The first-order valence-corrected chi connectivity index (χ1v) is 5.96. The van der Waals surface area contributed by atoms with Crippen molar-refractivity contribution in [2.45, 2.75) is 59.8 Å². The lowest BCUT2D eigenvalue weighted by Crippen LogP contribution is -2.34. The molecule has 0 N–H and O–H groups in total. The van der Waals surface area contributed by atoms with Crippen LogP contribution in [0.2, 0.25) is 0 Å². The smallest absolute Gasteiger partial charge is 0.130 e. The summed E-state index contributed by atoms with van der Waals surface area (Å²) in [6.45, 7) is 8.63. The first kappa shape index (κ1) is 11.7. The lowest BCUT2D eigenvalue weighted by Gasteiger charge is -2.43. The van der Waals surface area contributed by atoms with Crippen LogP contribution in [0.15, 0.2) is 0 Å². The fraction of sp³-hybridized carbons (Fsp3) is 0.923. The molecule has 0 aromatic rings. The molecule has 0 bridgehead atoms. The zero-order chi connectivity index (χ0) is 10.8. The van der Waals surface area contributed by atoms with Gasteiger partial charge in [-0.25, -0.2) is 0 Å². The van der Waals surface area contributed by atoms with Crippen molar-refractivity contribution in [2.24, 2.45) is 17.3 Å². The van der Waals surface area contributed by atoms with E-state index < -0.39 is 0 Å². The predicted octanol–water partition coefficient (Wildman–Crippen LogP) is 3.82. The maximum absolute atomic E-state index is 11.3. The Bertz CT molecular complexity index is 207. The van der Waals surface area contributed by atoms with E-state index in [1.165, 1.54) is 25.7 Å². The van der Waals surface area contributed by atoms with Crippen LogP contribution in [0.25, 0.3) is 0 Å². The fourth-order valence-electron chi connectivity index (χ4n) is 3.09. The van der Waals surface area contributed by atoms with Gasteiger partial charge in [-0.15, -0.1) is 0 Å². The zero-order valence-electron chi connectivity index (χ0n) is 10.1. The van der Waals surface area contributed by atoms with Gasteiger partial charge in [0.25, 0.3) is 0 Å². The van der Waals surface area contributed by atoms with Crippen molar-refractivity contribution in [1.82, 2.24) is 0 Å². The van der Waals surface area contributed by atoms with Gasteiger partial charge in [0.15, 0.2) is 0 Å². The monoisotopic (exact) mass is 196 g/mol. The van der Waals surface area contributed by atoms with Crippen molar-refractivity contribution in [3.8, 4) is 0 Å². The van der Waals surface area contributed by atoms with Crippen LogP contribution in [0.3, 0.4) is 0 Å². The van der Waals surface area contributed by atoms with Gasteiger partial charge in [0.05, 0.1) is 0 Å². The highest BCUT2D eigenvalue weighted by atomic mass is 16.1. The average Bonchev–Trinajstić information content (AvgIpc) is 2.02. The van der Waals surface area contributed by atoms with E-state index in [1.807, 2.05) is 0 Å². The van der Waals surface area contributed by atoms with Gasteiger partial charge in [0, 0.05) is 6.42 Å². The SMILES string of the molecule is CC(=O)CC1(C(C)C)CCCC(C)C1. The summed E-state index contributed by atoms with van der Waals surface area (Å²) < 4.78 is 0. The van der Waals surface area contributed by atoms with E-state index in [4.69, 9.17) is 0 Å². The molecular weight excluding hydrogens is 172 g/mol. The number of hydrogen-bond acceptors (Lipinski definition) is 1. The van der Waals surface area contributed by atoms with Crippen LogP contribution < -0.4 is 0 Å². The largest absolute Gasteiger partial charge is 0.300 e. The van der Waals surface area contributed by atoms with Gasteiger partial charge in [-0.3, -0.25) is 0 Å². The molecule has 0 heterocycles. The third-order valence-corrected chi connectivity index (χ3v) is 3.95. The number of carbonyl (C=O) groups excluding carboxylic acids is 1. The Balaban J connectivity index is 2.74. The standard InChI is InChI=1S/C13H24O/c1-10(2)13(9-12(4)14)7-5-6-11(3)8-13/h10-11H,5-9H2,1-4H3. The summed E-state index contributed by atoms with van der Waals surface area (Å²) in [5.74, 6) is 1.83. The summed E-state index contributed by atoms with van der Waals surface area (Å²) in [6.07, 6.45) is 5.98. The lowest BCUT2D eigenvalue weighted by atomic mass is 9.62. The number of hydrogen-bond donors (Lipinski definition) is 0. The minimum Gasteiger partial charge on any atom is -0.300 e. The van der Waals surface area contributed by atoms with Crippen LogP contribution in [0.1, 0.15) is 59.8 Å². The zero-order valence-corrected chi connectivity index (χ0v) is 10.1. The van der Waals surface area contributed by atoms with E-state index in [0.717, 1.165) is 12.3 Å². The Labute approximate surface area is 88.3 Å². The molecule has 0 aliphatic heterocycles.